The quantitative estimate of drug-likeness (QED) is 0.743. The van der Waals surface area contributed by atoms with E-state index in [9.17, 15) is 0 Å². The van der Waals surface area contributed by atoms with Crippen LogP contribution in [0.4, 0.5) is 5.82 Å². The summed E-state index contributed by atoms with van der Waals surface area (Å²) < 4.78 is 0. The third kappa shape index (κ3) is 4.16. The average Bonchev–Trinajstić information content (AvgIpc) is 2.28. The van der Waals surface area contributed by atoms with E-state index < -0.39 is 0 Å². The molecule has 0 saturated carbocycles. The van der Waals surface area contributed by atoms with E-state index in [1.807, 2.05) is 6.20 Å². The summed E-state index contributed by atoms with van der Waals surface area (Å²) in [4.78, 5) is 6.90. The lowest BCUT2D eigenvalue weighted by molar-refractivity contribution is 0.586. The number of rotatable bonds is 5. The molecule has 2 nitrogen and oxygen atoms in total. The molecular weight excluding hydrogens is 244 g/mol. The zero-order valence-electron chi connectivity index (χ0n) is 12.2. The SMILES string of the molecule is CC(C)N(CCCCl)c1ccc(C(C)(C)C)cn1. The molecule has 0 N–H and O–H groups in total. The molecule has 0 fully saturated rings. The first kappa shape index (κ1) is 15.3. The summed E-state index contributed by atoms with van der Waals surface area (Å²) in [5.74, 6) is 1.74. The second kappa shape index (κ2) is 6.42. The van der Waals surface area contributed by atoms with Gasteiger partial charge in [-0.25, -0.2) is 4.98 Å². The van der Waals surface area contributed by atoms with E-state index in [-0.39, 0.29) is 5.41 Å². The lowest BCUT2D eigenvalue weighted by Crippen LogP contribution is -2.32. The molecule has 1 heterocycles. The Balaban J connectivity index is 2.87. The zero-order valence-corrected chi connectivity index (χ0v) is 13.0. The molecule has 0 saturated heterocycles. The summed E-state index contributed by atoms with van der Waals surface area (Å²) in [5.41, 5.74) is 1.43. The van der Waals surface area contributed by atoms with Crippen LogP contribution in [-0.2, 0) is 5.41 Å². The largest absolute Gasteiger partial charge is 0.354 e. The van der Waals surface area contributed by atoms with Crippen LogP contribution in [0.3, 0.4) is 0 Å². The molecule has 0 aliphatic carbocycles. The van der Waals surface area contributed by atoms with Crippen molar-refractivity contribution in [2.24, 2.45) is 0 Å². The standard InChI is InChI=1S/C15H25ClN2/c1-12(2)18(10-6-9-16)14-8-7-13(11-17-14)15(3,4)5/h7-8,11-12H,6,9-10H2,1-5H3. The monoisotopic (exact) mass is 268 g/mol. The molecule has 102 valence electrons. The normalized spacial score (nSPS) is 11.9. The van der Waals surface area contributed by atoms with E-state index in [0.717, 1.165) is 18.8 Å². The third-order valence-corrected chi connectivity index (χ3v) is 3.33. The first-order valence-electron chi connectivity index (χ1n) is 6.65. The predicted octanol–water partition coefficient (Wildman–Crippen LogP) is 4.22. The van der Waals surface area contributed by atoms with Crippen LogP contribution in [0.1, 0.15) is 46.6 Å². The smallest absolute Gasteiger partial charge is 0.128 e. The Morgan fingerprint density at radius 3 is 2.33 bits per heavy atom. The van der Waals surface area contributed by atoms with Gasteiger partial charge in [0.15, 0.2) is 0 Å². The molecule has 1 aromatic heterocycles. The van der Waals surface area contributed by atoms with Crippen LogP contribution in [0.5, 0.6) is 0 Å². The van der Waals surface area contributed by atoms with Gasteiger partial charge in [0, 0.05) is 24.7 Å². The van der Waals surface area contributed by atoms with Gasteiger partial charge in [0.1, 0.15) is 5.82 Å². The Morgan fingerprint density at radius 1 is 1.28 bits per heavy atom. The molecule has 0 aliphatic heterocycles. The summed E-state index contributed by atoms with van der Waals surface area (Å²) in [6.45, 7) is 12.0. The van der Waals surface area contributed by atoms with Crippen molar-refractivity contribution in [3.8, 4) is 0 Å². The Bertz CT molecular complexity index is 352. The maximum atomic E-state index is 5.78. The van der Waals surface area contributed by atoms with Gasteiger partial charge in [0.25, 0.3) is 0 Å². The predicted molar refractivity (Wildman–Crippen MR) is 80.8 cm³/mol. The maximum Gasteiger partial charge on any atom is 0.128 e. The minimum atomic E-state index is 0.157. The number of anilines is 1. The van der Waals surface area contributed by atoms with Crippen LogP contribution in [0.15, 0.2) is 18.3 Å². The van der Waals surface area contributed by atoms with Gasteiger partial charge in [-0.1, -0.05) is 26.8 Å². The molecule has 1 aromatic rings. The minimum absolute atomic E-state index is 0.157. The number of nitrogens with zero attached hydrogens (tertiary/aromatic N) is 2. The highest BCUT2D eigenvalue weighted by Gasteiger charge is 2.16. The van der Waals surface area contributed by atoms with Gasteiger partial charge in [0.2, 0.25) is 0 Å². The van der Waals surface area contributed by atoms with Gasteiger partial charge in [-0.2, -0.15) is 0 Å². The third-order valence-electron chi connectivity index (χ3n) is 3.06. The summed E-state index contributed by atoms with van der Waals surface area (Å²) in [6.07, 6.45) is 2.98. The summed E-state index contributed by atoms with van der Waals surface area (Å²) in [7, 11) is 0. The fraction of sp³-hybridized carbons (Fsp3) is 0.667. The Hall–Kier alpha value is -0.760. The number of aromatic nitrogens is 1. The van der Waals surface area contributed by atoms with Crippen molar-refractivity contribution in [2.75, 3.05) is 17.3 Å². The van der Waals surface area contributed by atoms with E-state index in [4.69, 9.17) is 11.6 Å². The van der Waals surface area contributed by atoms with Gasteiger partial charge in [-0.15, -0.1) is 11.6 Å². The second-order valence-corrected chi connectivity index (χ2v) is 6.36. The van der Waals surface area contributed by atoms with Crippen molar-refractivity contribution in [2.45, 2.75) is 52.5 Å². The molecular formula is C15H25ClN2. The first-order valence-corrected chi connectivity index (χ1v) is 7.19. The van der Waals surface area contributed by atoms with Gasteiger partial charge in [-0.05, 0) is 37.3 Å². The van der Waals surface area contributed by atoms with Crippen LogP contribution < -0.4 is 4.90 Å². The van der Waals surface area contributed by atoms with Crippen molar-refractivity contribution in [1.82, 2.24) is 4.98 Å². The molecule has 1 rings (SSSR count). The molecule has 18 heavy (non-hydrogen) atoms. The number of pyridine rings is 1. The fourth-order valence-corrected chi connectivity index (χ4v) is 1.99. The Morgan fingerprint density at radius 2 is 1.94 bits per heavy atom. The van der Waals surface area contributed by atoms with E-state index in [1.54, 1.807) is 0 Å². The molecule has 3 heteroatoms. The molecule has 0 spiro atoms. The van der Waals surface area contributed by atoms with Crippen LogP contribution in [-0.4, -0.2) is 23.5 Å². The van der Waals surface area contributed by atoms with Crippen LogP contribution in [0.2, 0.25) is 0 Å². The molecule has 0 amide bonds. The van der Waals surface area contributed by atoms with Gasteiger partial charge < -0.3 is 4.90 Å². The van der Waals surface area contributed by atoms with Gasteiger partial charge >= 0.3 is 0 Å². The second-order valence-electron chi connectivity index (χ2n) is 5.98. The summed E-state index contributed by atoms with van der Waals surface area (Å²) in [6, 6.07) is 4.74. The van der Waals surface area contributed by atoms with Gasteiger partial charge in [-0.3, -0.25) is 0 Å². The molecule has 0 atom stereocenters. The highest BCUT2D eigenvalue weighted by atomic mass is 35.5. The number of alkyl halides is 1. The fourth-order valence-electron chi connectivity index (χ4n) is 1.87. The highest BCUT2D eigenvalue weighted by Crippen LogP contribution is 2.23. The first-order chi connectivity index (χ1) is 8.36. The molecule has 0 aliphatic rings. The van der Waals surface area contributed by atoms with Crippen molar-refractivity contribution >= 4 is 17.4 Å². The van der Waals surface area contributed by atoms with Crippen molar-refractivity contribution in [3.63, 3.8) is 0 Å². The van der Waals surface area contributed by atoms with Crippen LogP contribution >= 0.6 is 11.6 Å². The lowest BCUT2D eigenvalue weighted by Gasteiger charge is -2.28. The van der Waals surface area contributed by atoms with E-state index in [0.29, 0.717) is 11.9 Å². The summed E-state index contributed by atoms with van der Waals surface area (Å²) >= 11 is 5.78. The summed E-state index contributed by atoms with van der Waals surface area (Å²) in [5, 5.41) is 0. The molecule has 0 aromatic carbocycles. The number of hydrogen-bond acceptors (Lipinski definition) is 2. The highest BCUT2D eigenvalue weighted by molar-refractivity contribution is 6.17. The van der Waals surface area contributed by atoms with E-state index in [1.165, 1.54) is 5.56 Å². The molecule has 0 radical (unpaired) electrons. The topological polar surface area (TPSA) is 16.1 Å². The van der Waals surface area contributed by atoms with Gasteiger partial charge in [0.05, 0.1) is 0 Å². The van der Waals surface area contributed by atoms with Crippen molar-refractivity contribution in [3.05, 3.63) is 23.9 Å². The lowest BCUT2D eigenvalue weighted by atomic mass is 9.88. The molecule has 0 unspecified atom stereocenters. The number of hydrogen-bond donors (Lipinski definition) is 0. The Kier molecular flexibility index (Phi) is 5.46. The van der Waals surface area contributed by atoms with Crippen molar-refractivity contribution < 1.29 is 0 Å². The van der Waals surface area contributed by atoms with E-state index in [2.05, 4.69) is 56.6 Å². The average molecular weight is 269 g/mol. The van der Waals surface area contributed by atoms with Crippen LogP contribution in [0, 0.1) is 0 Å². The zero-order chi connectivity index (χ0) is 13.8. The maximum absolute atomic E-state index is 5.78. The van der Waals surface area contributed by atoms with E-state index >= 15 is 0 Å². The Labute approximate surface area is 116 Å². The molecule has 0 bridgehead atoms. The van der Waals surface area contributed by atoms with Crippen molar-refractivity contribution in [1.29, 1.82) is 0 Å². The minimum Gasteiger partial charge on any atom is -0.354 e. The number of halogens is 1. The van der Waals surface area contributed by atoms with Crippen LogP contribution in [0.25, 0.3) is 0 Å².